The van der Waals surface area contributed by atoms with E-state index < -0.39 is 25.3 Å². The van der Waals surface area contributed by atoms with E-state index in [1.165, 1.54) is 21.4 Å². The number of nitrogens with one attached hydrogen (secondary N) is 1. The fourth-order valence-electron chi connectivity index (χ4n) is 2.97. The van der Waals surface area contributed by atoms with E-state index >= 15 is 0 Å². The lowest BCUT2D eigenvalue weighted by Crippen LogP contribution is -2.59. The van der Waals surface area contributed by atoms with Gasteiger partial charge in [-0.25, -0.2) is 21.6 Å². The minimum Gasteiger partial charge on any atom is -0.272 e. The van der Waals surface area contributed by atoms with Gasteiger partial charge in [0, 0.05) is 31.9 Å². The standard InChI is InChI=1S/C13H22N4O4S2/c1-2-16-8-12(7-14-16)23(20,21)17-9-13(10-17)22(18,19)15-11-5-3-4-6-11/h7-8,11,13,15H,2-6,9-10H2,1H3. The molecular weight excluding hydrogens is 340 g/mol. The Morgan fingerprint density at radius 2 is 1.87 bits per heavy atom. The first-order valence-corrected chi connectivity index (χ1v) is 10.9. The molecule has 2 heterocycles. The Bertz CT molecular complexity index is 760. The van der Waals surface area contributed by atoms with Gasteiger partial charge in [-0.3, -0.25) is 4.68 Å². The quantitative estimate of drug-likeness (QED) is 0.775. The van der Waals surface area contributed by atoms with Gasteiger partial charge in [-0.1, -0.05) is 12.8 Å². The highest BCUT2D eigenvalue weighted by molar-refractivity contribution is 7.91. The third kappa shape index (κ3) is 3.30. The molecule has 23 heavy (non-hydrogen) atoms. The zero-order chi connectivity index (χ0) is 16.7. The molecule has 1 aliphatic heterocycles. The van der Waals surface area contributed by atoms with Crippen LogP contribution in [0.2, 0.25) is 0 Å². The molecule has 0 unspecified atom stereocenters. The van der Waals surface area contributed by atoms with Crippen LogP contribution in [0.4, 0.5) is 0 Å². The van der Waals surface area contributed by atoms with Crippen molar-refractivity contribution in [3.63, 3.8) is 0 Å². The molecule has 1 N–H and O–H groups in total. The Balaban J connectivity index is 1.63. The second-order valence-electron chi connectivity index (χ2n) is 6.12. The zero-order valence-corrected chi connectivity index (χ0v) is 14.7. The monoisotopic (exact) mass is 362 g/mol. The molecular formula is C13H22N4O4S2. The SMILES string of the molecule is CCn1cc(S(=O)(=O)N2CC(S(=O)(=O)NC3CCCC3)C2)cn1. The maximum atomic E-state index is 12.4. The first kappa shape index (κ1) is 16.9. The predicted octanol–water partition coefficient (Wildman–Crippen LogP) is 0.138. The van der Waals surface area contributed by atoms with E-state index in [4.69, 9.17) is 0 Å². The van der Waals surface area contributed by atoms with E-state index in [1.54, 1.807) is 0 Å². The van der Waals surface area contributed by atoms with Gasteiger partial charge in [0.15, 0.2) is 0 Å². The molecule has 3 rings (SSSR count). The summed E-state index contributed by atoms with van der Waals surface area (Å²) in [6.45, 7) is 2.45. The zero-order valence-electron chi connectivity index (χ0n) is 13.1. The molecule has 0 amide bonds. The van der Waals surface area contributed by atoms with Crippen LogP contribution >= 0.6 is 0 Å². The van der Waals surface area contributed by atoms with Crippen LogP contribution in [-0.2, 0) is 26.6 Å². The highest BCUT2D eigenvalue weighted by Gasteiger charge is 2.44. The first-order chi connectivity index (χ1) is 10.8. The molecule has 0 bridgehead atoms. The van der Waals surface area contributed by atoms with E-state index in [2.05, 4.69) is 9.82 Å². The van der Waals surface area contributed by atoms with Crippen molar-refractivity contribution >= 4 is 20.0 Å². The van der Waals surface area contributed by atoms with Crippen molar-refractivity contribution in [1.82, 2.24) is 18.8 Å². The molecule has 2 fully saturated rings. The summed E-state index contributed by atoms with van der Waals surface area (Å²) >= 11 is 0. The van der Waals surface area contributed by atoms with Gasteiger partial charge >= 0.3 is 0 Å². The van der Waals surface area contributed by atoms with Crippen LogP contribution in [0.25, 0.3) is 0 Å². The van der Waals surface area contributed by atoms with Gasteiger partial charge in [0.2, 0.25) is 20.0 Å². The van der Waals surface area contributed by atoms with Gasteiger partial charge in [0.25, 0.3) is 0 Å². The number of hydrogen-bond donors (Lipinski definition) is 1. The lowest BCUT2D eigenvalue weighted by atomic mass is 10.3. The Hall–Kier alpha value is -0.970. The smallest absolute Gasteiger partial charge is 0.246 e. The van der Waals surface area contributed by atoms with Crippen molar-refractivity contribution in [3.8, 4) is 0 Å². The Labute approximate surface area is 137 Å². The number of nitrogens with zero attached hydrogens (tertiary/aromatic N) is 3. The van der Waals surface area contributed by atoms with Crippen molar-refractivity contribution in [2.75, 3.05) is 13.1 Å². The van der Waals surface area contributed by atoms with E-state index in [0.717, 1.165) is 25.7 Å². The molecule has 1 saturated carbocycles. The molecule has 1 aromatic rings. The number of sulfonamides is 2. The second kappa shape index (κ2) is 6.15. The van der Waals surface area contributed by atoms with Crippen LogP contribution in [0.1, 0.15) is 32.6 Å². The maximum Gasteiger partial charge on any atom is 0.246 e. The second-order valence-corrected chi connectivity index (χ2v) is 10.1. The van der Waals surface area contributed by atoms with E-state index in [-0.39, 0.29) is 24.0 Å². The average Bonchev–Trinajstić information content (AvgIpc) is 3.05. The van der Waals surface area contributed by atoms with Crippen molar-refractivity contribution < 1.29 is 16.8 Å². The normalized spacial score (nSPS) is 21.6. The van der Waals surface area contributed by atoms with Crippen LogP contribution < -0.4 is 4.72 Å². The van der Waals surface area contributed by atoms with Gasteiger partial charge in [0.1, 0.15) is 10.1 Å². The lowest BCUT2D eigenvalue weighted by Gasteiger charge is -2.37. The maximum absolute atomic E-state index is 12.4. The topological polar surface area (TPSA) is 101 Å². The van der Waals surface area contributed by atoms with Gasteiger partial charge in [-0.05, 0) is 19.8 Å². The molecule has 130 valence electrons. The predicted molar refractivity (Wildman–Crippen MR) is 84.8 cm³/mol. The van der Waals surface area contributed by atoms with Crippen molar-refractivity contribution in [3.05, 3.63) is 12.4 Å². The largest absolute Gasteiger partial charge is 0.272 e. The van der Waals surface area contributed by atoms with Gasteiger partial charge in [-0.2, -0.15) is 9.40 Å². The fourth-order valence-corrected chi connectivity index (χ4v) is 6.28. The van der Waals surface area contributed by atoms with Crippen molar-refractivity contribution in [2.45, 2.75) is 55.3 Å². The summed E-state index contributed by atoms with van der Waals surface area (Å²) in [7, 11) is -7.11. The Morgan fingerprint density at radius 3 is 2.43 bits per heavy atom. The van der Waals surface area contributed by atoms with Crippen molar-refractivity contribution in [2.24, 2.45) is 0 Å². The summed E-state index contributed by atoms with van der Waals surface area (Å²) < 4.78 is 54.8. The molecule has 1 aromatic heterocycles. The van der Waals surface area contributed by atoms with Crippen LogP contribution in [0, 0.1) is 0 Å². The number of rotatable bonds is 6. The number of hydrogen-bond acceptors (Lipinski definition) is 5. The van der Waals surface area contributed by atoms with Crippen LogP contribution in [-0.4, -0.2) is 55.3 Å². The lowest BCUT2D eigenvalue weighted by molar-refractivity contribution is 0.307. The first-order valence-electron chi connectivity index (χ1n) is 7.86. The van der Waals surface area contributed by atoms with Gasteiger partial charge in [-0.15, -0.1) is 0 Å². The third-order valence-corrected chi connectivity index (χ3v) is 8.13. The summed E-state index contributed by atoms with van der Waals surface area (Å²) in [5.74, 6) is 0. The molecule has 0 atom stereocenters. The summed E-state index contributed by atoms with van der Waals surface area (Å²) in [6, 6.07) is 0.00782. The summed E-state index contributed by atoms with van der Waals surface area (Å²) in [6.07, 6.45) is 6.58. The molecule has 1 aliphatic carbocycles. The average molecular weight is 362 g/mol. The Morgan fingerprint density at radius 1 is 1.22 bits per heavy atom. The fraction of sp³-hybridized carbons (Fsp3) is 0.769. The summed E-state index contributed by atoms with van der Waals surface area (Å²) in [5, 5.41) is 3.29. The molecule has 0 radical (unpaired) electrons. The van der Waals surface area contributed by atoms with Gasteiger partial charge < -0.3 is 0 Å². The van der Waals surface area contributed by atoms with Crippen LogP contribution in [0.15, 0.2) is 17.3 Å². The third-order valence-electron chi connectivity index (χ3n) is 4.51. The van der Waals surface area contributed by atoms with Crippen molar-refractivity contribution in [1.29, 1.82) is 0 Å². The van der Waals surface area contributed by atoms with E-state index in [1.807, 2.05) is 6.92 Å². The van der Waals surface area contributed by atoms with E-state index in [0.29, 0.717) is 6.54 Å². The highest BCUT2D eigenvalue weighted by Crippen LogP contribution is 2.26. The number of aryl methyl sites for hydroxylation is 1. The molecule has 1 saturated heterocycles. The van der Waals surface area contributed by atoms with Crippen LogP contribution in [0.5, 0.6) is 0 Å². The summed E-state index contributed by atoms with van der Waals surface area (Å²) in [5.41, 5.74) is 0. The van der Waals surface area contributed by atoms with E-state index in [9.17, 15) is 16.8 Å². The molecule has 10 heteroatoms. The molecule has 8 nitrogen and oxygen atoms in total. The Kier molecular flexibility index (Phi) is 4.51. The van der Waals surface area contributed by atoms with Gasteiger partial charge in [0.05, 0.1) is 6.20 Å². The molecule has 0 spiro atoms. The van der Waals surface area contributed by atoms with Crippen LogP contribution in [0.3, 0.4) is 0 Å². The number of aromatic nitrogens is 2. The summed E-state index contributed by atoms with van der Waals surface area (Å²) in [4.78, 5) is 0.110. The molecule has 2 aliphatic rings. The molecule has 0 aromatic carbocycles. The minimum atomic E-state index is -3.65. The minimum absolute atomic E-state index is 0.00168. The highest BCUT2D eigenvalue weighted by atomic mass is 32.2.